The number of anilines is 2. The van der Waals surface area contributed by atoms with Gasteiger partial charge in [-0.1, -0.05) is 13.0 Å². The molecule has 0 fully saturated rings. The molecule has 6 heteroatoms. The third kappa shape index (κ3) is 2.87. The standard InChI is InChI=1S/C19H19N3O2S/c1-3-15-21-17(16-13-8-5-9-14(13)25-18(16)22-15)20-12-7-4-6-11(10-12)19(23)24-2/h4,6-7,10H,3,5,8-9H2,1-2H3,(H,20,21,22). The minimum absolute atomic E-state index is 0.345. The van der Waals surface area contributed by atoms with Crippen LogP contribution < -0.4 is 5.32 Å². The number of benzene rings is 1. The number of nitrogens with zero attached hydrogens (tertiary/aromatic N) is 2. The predicted octanol–water partition coefficient (Wildman–Crippen LogP) is 4.27. The van der Waals surface area contributed by atoms with Crippen LogP contribution in [-0.2, 0) is 24.0 Å². The van der Waals surface area contributed by atoms with Crippen LogP contribution in [0.4, 0.5) is 11.5 Å². The fraction of sp³-hybridized carbons (Fsp3) is 0.316. The van der Waals surface area contributed by atoms with Crippen LogP contribution in [0.25, 0.3) is 10.2 Å². The number of methoxy groups -OCH3 is 1. The van der Waals surface area contributed by atoms with Crippen molar-refractivity contribution in [2.45, 2.75) is 32.6 Å². The van der Waals surface area contributed by atoms with Gasteiger partial charge in [-0.25, -0.2) is 14.8 Å². The molecule has 0 amide bonds. The van der Waals surface area contributed by atoms with E-state index in [2.05, 4.69) is 12.2 Å². The van der Waals surface area contributed by atoms with Crippen molar-refractivity contribution in [2.75, 3.05) is 12.4 Å². The Kier molecular flexibility index (Phi) is 4.13. The molecule has 3 aromatic rings. The first-order chi connectivity index (χ1) is 12.2. The van der Waals surface area contributed by atoms with E-state index < -0.39 is 0 Å². The van der Waals surface area contributed by atoms with Crippen molar-refractivity contribution in [1.29, 1.82) is 0 Å². The lowest BCUT2D eigenvalue weighted by Gasteiger charge is -2.10. The first-order valence-electron chi connectivity index (χ1n) is 8.46. The van der Waals surface area contributed by atoms with Crippen molar-refractivity contribution in [2.24, 2.45) is 0 Å². The molecule has 0 aliphatic heterocycles. The fourth-order valence-electron chi connectivity index (χ4n) is 3.27. The summed E-state index contributed by atoms with van der Waals surface area (Å²) in [6, 6.07) is 7.30. The molecule has 0 radical (unpaired) electrons. The molecular weight excluding hydrogens is 334 g/mol. The molecule has 0 atom stereocenters. The zero-order valence-electron chi connectivity index (χ0n) is 14.3. The van der Waals surface area contributed by atoms with Gasteiger partial charge in [-0.2, -0.15) is 0 Å². The first-order valence-corrected chi connectivity index (χ1v) is 9.27. The molecule has 1 aromatic carbocycles. The second-order valence-corrected chi connectivity index (χ2v) is 7.16. The number of hydrogen-bond acceptors (Lipinski definition) is 6. The minimum atomic E-state index is -0.345. The number of aromatic nitrogens is 2. The van der Waals surface area contributed by atoms with E-state index in [4.69, 9.17) is 14.7 Å². The van der Waals surface area contributed by atoms with Gasteiger partial charge in [-0.3, -0.25) is 0 Å². The van der Waals surface area contributed by atoms with Gasteiger partial charge in [0.1, 0.15) is 16.5 Å². The Bertz CT molecular complexity index is 965. The maximum atomic E-state index is 11.8. The number of ether oxygens (including phenoxy) is 1. The Balaban J connectivity index is 1.80. The van der Waals surface area contributed by atoms with E-state index in [0.717, 1.165) is 46.8 Å². The van der Waals surface area contributed by atoms with E-state index >= 15 is 0 Å². The maximum Gasteiger partial charge on any atom is 0.337 e. The zero-order valence-corrected chi connectivity index (χ0v) is 15.1. The highest BCUT2D eigenvalue weighted by Crippen LogP contribution is 2.40. The molecule has 1 N–H and O–H groups in total. The maximum absolute atomic E-state index is 11.8. The van der Waals surface area contributed by atoms with Gasteiger partial charge in [0, 0.05) is 17.0 Å². The summed E-state index contributed by atoms with van der Waals surface area (Å²) in [4.78, 5) is 23.7. The molecule has 0 unspecified atom stereocenters. The molecule has 1 aliphatic rings. The van der Waals surface area contributed by atoms with Gasteiger partial charge < -0.3 is 10.1 Å². The molecule has 0 saturated heterocycles. The second-order valence-electron chi connectivity index (χ2n) is 6.08. The van der Waals surface area contributed by atoms with Gasteiger partial charge >= 0.3 is 5.97 Å². The Labute approximate surface area is 150 Å². The number of carbonyl (C=O) groups excluding carboxylic acids is 1. The summed E-state index contributed by atoms with van der Waals surface area (Å²) in [6.45, 7) is 2.06. The minimum Gasteiger partial charge on any atom is -0.465 e. The Morgan fingerprint density at radius 3 is 3.00 bits per heavy atom. The SMILES string of the molecule is CCc1nc(Nc2cccc(C(=O)OC)c2)c2c3c(sc2n1)CCC3. The number of rotatable bonds is 4. The van der Waals surface area contributed by atoms with Crippen molar-refractivity contribution in [1.82, 2.24) is 9.97 Å². The van der Waals surface area contributed by atoms with Crippen molar-refractivity contribution >= 4 is 39.0 Å². The average Bonchev–Trinajstić information content (AvgIpc) is 3.21. The Morgan fingerprint density at radius 2 is 2.20 bits per heavy atom. The van der Waals surface area contributed by atoms with Gasteiger partial charge in [0.25, 0.3) is 0 Å². The number of esters is 1. The van der Waals surface area contributed by atoms with Crippen LogP contribution in [-0.4, -0.2) is 23.0 Å². The molecule has 2 heterocycles. The van der Waals surface area contributed by atoms with Crippen LogP contribution in [0.2, 0.25) is 0 Å². The second kappa shape index (κ2) is 6.44. The normalized spacial score (nSPS) is 13.0. The van der Waals surface area contributed by atoms with E-state index in [0.29, 0.717) is 5.56 Å². The predicted molar refractivity (Wildman–Crippen MR) is 99.9 cm³/mol. The highest BCUT2D eigenvalue weighted by Gasteiger charge is 2.22. The molecule has 25 heavy (non-hydrogen) atoms. The molecule has 0 spiro atoms. The smallest absolute Gasteiger partial charge is 0.337 e. The molecule has 0 bridgehead atoms. The summed E-state index contributed by atoms with van der Waals surface area (Å²) < 4.78 is 4.81. The third-order valence-corrected chi connectivity index (χ3v) is 5.66. The van der Waals surface area contributed by atoms with Crippen LogP contribution in [0.1, 0.15) is 40.0 Å². The zero-order chi connectivity index (χ0) is 17.4. The monoisotopic (exact) mass is 353 g/mol. The van der Waals surface area contributed by atoms with Gasteiger partial charge in [0.15, 0.2) is 0 Å². The lowest BCUT2D eigenvalue weighted by molar-refractivity contribution is 0.0601. The number of fused-ring (bicyclic) bond motifs is 3. The molecular formula is C19H19N3O2S. The number of aryl methyl sites for hydroxylation is 3. The summed E-state index contributed by atoms with van der Waals surface area (Å²) >= 11 is 1.79. The van der Waals surface area contributed by atoms with Gasteiger partial charge in [-0.15, -0.1) is 11.3 Å². The largest absolute Gasteiger partial charge is 0.465 e. The number of carbonyl (C=O) groups is 1. The van der Waals surface area contributed by atoms with Gasteiger partial charge in [-0.05, 0) is 43.0 Å². The fourth-order valence-corrected chi connectivity index (χ4v) is 4.55. The van der Waals surface area contributed by atoms with E-state index in [1.165, 1.54) is 24.0 Å². The van der Waals surface area contributed by atoms with Crippen molar-refractivity contribution in [3.05, 3.63) is 46.1 Å². The topological polar surface area (TPSA) is 64.1 Å². The highest BCUT2D eigenvalue weighted by molar-refractivity contribution is 7.19. The van der Waals surface area contributed by atoms with Crippen molar-refractivity contribution in [3.63, 3.8) is 0 Å². The number of hydrogen-bond donors (Lipinski definition) is 1. The molecule has 2 aromatic heterocycles. The molecule has 128 valence electrons. The lowest BCUT2D eigenvalue weighted by atomic mass is 10.1. The van der Waals surface area contributed by atoms with Gasteiger partial charge in [0.2, 0.25) is 0 Å². The van der Waals surface area contributed by atoms with Crippen LogP contribution in [0.15, 0.2) is 24.3 Å². The lowest BCUT2D eigenvalue weighted by Crippen LogP contribution is -2.04. The Hall–Kier alpha value is -2.47. The van der Waals surface area contributed by atoms with E-state index in [9.17, 15) is 4.79 Å². The number of nitrogens with one attached hydrogen (secondary N) is 1. The van der Waals surface area contributed by atoms with Crippen molar-refractivity contribution < 1.29 is 9.53 Å². The summed E-state index contributed by atoms with van der Waals surface area (Å²) in [6.07, 6.45) is 4.20. The average molecular weight is 353 g/mol. The quantitative estimate of drug-likeness (QED) is 0.710. The molecule has 5 nitrogen and oxygen atoms in total. The van der Waals surface area contributed by atoms with E-state index in [1.54, 1.807) is 23.5 Å². The summed E-state index contributed by atoms with van der Waals surface area (Å²) in [7, 11) is 1.39. The van der Waals surface area contributed by atoms with Crippen LogP contribution >= 0.6 is 11.3 Å². The van der Waals surface area contributed by atoms with Crippen LogP contribution in [0.3, 0.4) is 0 Å². The van der Waals surface area contributed by atoms with Crippen molar-refractivity contribution in [3.8, 4) is 0 Å². The van der Waals surface area contributed by atoms with Gasteiger partial charge in [0.05, 0.1) is 18.1 Å². The summed E-state index contributed by atoms with van der Waals surface area (Å²) in [5, 5.41) is 4.54. The van der Waals surface area contributed by atoms with Crippen LogP contribution in [0.5, 0.6) is 0 Å². The molecule has 4 rings (SSSR count). The van der Waals surface area contributed by atoms with Crippen LogP contribution in [0, 0.1) is 0 Å². The molecule has 0 saturated carbocycles. The summed E-state index contributed by atoms with van der Waals surface area (Å²) in [5.41, 5.74) is 2.72. The van der Waals surface area contributed by atoms with E-state index in [1.807, 2.05) is 12.1 Å². The third-order valence-electron chi connectivity index (χ3n) is 4.47. The Morgan fingerprint density at radius 1 is 1.32 bits per heavy atom. The summed E-state index contributed by atoms with van der Waals surface area (Å²) in [5.74, 6) is 1.32. The highest BCUT2D eigenvalue weighted by atomic mass is 32.1. The molecule has 1 aliphatic carbocycles. The first kappa shape index (κ1) is 16.0. The van der Waals surface area contributed by atoms with E-state index in [-0.39, 0.29) is 5.97 Å². The number of thiophene rings is 1.